The van der Waals surface area contributed by atoms with Crippen LogP contribution < -0.4 is 16.0 Å². The number of likely N-dealkylation sites (N-methyl/N-ethyl adjacent to an activating group) is 6. The van der Waals surface area contributed by atoms with Crippen LogP contribution in [0.1, 0.15) is 200 Å². The van der Waals surface area contributed by atoms with E-state index in [9.17, 15) is 46.7 Å². The average Bonchev–Trinajstić information content (AvgIpc) is 1.75. The highest BCUT2D eigenvalue weighted by Gasteiger charge is 2.51. The molecular weight excluding hydrogens is 1330 g/mol. The molecule has 6 aliphatic rings. The van der Waals surface area contributed by atoms with E-state index in [2.05, 4.69) is 16.0 Å². The van der Waals surface area contributed by atoms with Gasteiger partial charge in [0.05, 0.1) is 23.6 Å². The number of fused-ring (bicyclic) bond motifs is 2. The number of carbonyl (C=O) groups is 12. The number of nitrogens with zero attached hydrogens (tertiary/aromatic N) is 9. The van der Waals surface area contributed by atoms with Gasteiger partial charge in [0.2, 0.25) is 70.9 Å². The van der Waals surface area contributed by atoms with E-state index < -0.39 is 166 Å². The molecule has 0 aromatic heterocycles. The maximum atomic E-state index is 15.5. The average molecular weight is 1440 g/mol. The number of hydrogen-bond donors (Lipinski definition) is 3. The van der Waals surface area contributed by atoms with Gasteiger partial charge < -0.3 is 60.0 Å². The molecule has 4 aliphatic heterocycles. The number of hydrogen-bond acceptors (Lipinski definition) is 12. The van der Waals surface area contributed by atoms with E-state index in [1.807, 2.05) is 20.8 Å². The van der Waals surface area contributed by atoms with Gasteiger partial charge in [-0.15, -0.1) is 0 Å². The number of unbranched alkanes of at least 4 members (excludes halogenated alkanes) is 2. The Kier molecular flexibility index (Phi) is 28.9. The molecule has 1 spiro atoms. The first-order chi connectivity index (χ1) is 47.6. The van der Waals surface area contributed by atoms with Crippen LogP contribution in [0.3, 0.4) is 0 Å². The van der Waals surface area contributed by atoms with E-state index in [1.165, 1.54) is 89.6 Å². The van der Waals surface area contributed by atoms with Crippen LogP contribution in [-0.4, -0.2) is 250 Å². The number of alkyl halides is 3. The summed E-state index contributed by atoms with van der Waals surface area (Å²) in [4.78, 5) is 192. The molecule has 6 fully saturated rings. The van der Waals surface area contributed by atoms with Gasteiger partial charge in [-0.25, -0.2) is 0 Å². The van der Waals surface area contributed by atoms with Crippen LogP contribution >= 0.6 is 11.6 Å². The Labute approximate surface area is 599 Å². The molecule has 2 aliphatic carbocycles. The van der Waals surface area contributed by atoms with E-state index in [0.29, 0.717) is 63.6 Å². The lowest BCUT2D eigenvalue weighted by atomic mass is 9.84. The third kappa shape index (κ3) is 19.8. The van der Waals surface area contributed by atoms with E-state index in [1.54, 1.807) is 18.7 Å². The minimum Gasteiger partial charge on any atom is -0.343 e. The van der Waals surface area contributed by atoms with Gasteiger partial charge in [-0.1, -0.05) is 116 Å². The molecule has 24 nitrogen and oxygen atoms in total. The fourth-order valence-electron chi connectivity index (χ4n) is 15.7. The molecule has 3 N–H and O–H groups in total. The number of nitrogens with one attached hydrogen (secondary N) is 3. The van der Waals surface area contributed by atoms with E-state index >= 15 is 24.0 Å². The molecule has 7 rings (SSSR count). The SMILES string of the molecule is CCCCC[C@@H]1NC(=O)[C@H](CC(C)C)N(C)C(=O)C[C@@H](C(=O)N2CCCCC2)N(C)C(=O)[C@H](C(C)C)N(C)C(=O)C2(CCCC2)NC(=O)[C@@H]2CCCN2C(=O)[C@H](CCc2ccc(C(F)(F)F)c(Cl)c2)NC(=O)CN(C)C(=O)[C@H](CC2CCCCC2)N(C)C(=O)[C@@H]2CCN2C(=O)[C@H](C)N(C)C1=O. The lowest BCUT2D eigenvalue weighted by Crippen LogP contribution is -2.65. The summed E-state index contributed by atoms with van der Waals surface area (Å²) < 4.78 is 41.6. The summed E-state index contributed by atoms with van der Waals surface area (Å²) in [6.45, 7) is 11.0. The Balaban J connectivity index is 1.29. The van der Waals surface area contributed by atoms with Crippen molar-refractivity contribution in [3.05, 3.63) is 34.3 Å². The van der Waals surface area contributed by atoms with Crippen LogP contribution in [0, 0.1) is 17.8 Å². The molecule has 1 aromatic rings. The molecule has 4 saturated heterocycles. The summed E-state index contributed by atoms with van der Waals surface area (Å²) in [6, 6.07) is -7.76. The van der Waals surface area contributed by atoms with E-state index in [4.69, 9.17) is 11.6 Å². The van der Waals surface area contributed by atoms with Crippen LogP contribution in [-0.2, 0) is 70.1 Å². The minimum atomic E-state index is -4.76. The van der Waals surface area contributed by atoms with Crippen LogP contribution in [0.4, 0.5) is 13.2 Å². The number of carbonyl (C=O) groups excluding carboxylic acids is 12. The second kappa shape index (κ2) is 35.9. The van der Waals surface area contributed by atoms with Gasteiger partial charge in [-0.05, 0) is 126 Å². The Morgan fingerprint density at radius 1 is 0.624 bits per heavy atom. The normalized spacial score (nSPS) is 27.3. The molecule has 101 heavy (non-hydrogen) atoms. The van der Waals surface area contributed by atoms with Crippen molar-refractivity contribution in [2.75, 3.05) is 75.0 Å². The summed E-state index contributed by atoms with van der Waals surface area (Å²) in [5.41, 5.74) is -2.35. The number of amides is 12. The van der Waals surface area contributed by atoms with Crippen LogP contribution in [0.15, 0.2) is 18.2 Å². The number of piperidine rings is 1. The molecule has 1 aromatic carbocycles. The zero-order valence-corrected chi connectivity index (χ0v) is 62.4. The highest BCUT2D eigenvalue weighted by molar-refractivity contribution is 6.31. The van der Waals surface area contributed by atoms with Gasteiger partial charge in [0.1, 0.15) is 59.9 Å². The van der Waals surface area contributed by atoms with Gasteiger partial charge in [0, 0.05) is 68.5 Å². The number of aryl methyl sites for hydroxylation is 1. The molecule has 12 amide bonds. The highest BCUT2D eigenvalue weighted by atomic mass is 35.5. The lowest BCUT2D eigenvalue weighted by molar-refractivity contribution is -0.160. The molecule has 564 valence electrons. The van der Waals surface area contributed by atoms with Crippen LogP contribution in [0.2, 0.25) is 5.02 Å². The first-order valence-electron chi connectivity index (χ1n) is 36.9. The van der Waals surface area contributed by atoms with Crippen molar-refractivity contribution >= 4 is 82.5 Å². The second-order valence-electron chi connectivity index (χ2n) is 30.2. The van der Waals surface area contributed by atoms with E-state index in [0.717, 1.165) is 62.0 Å². The molecule has 0 radical (unpaired) electrons. The van der Waals surface area contributed by atoms with Crippen molar-refractivity contribution in [2.24, 2.45) is 17.8 Å². The predicted octanol–water partition coefficient (Wildman–Crippen LogP) is 6.56. The minimum absolute atomic E-state index is 0.0246. The monoisotopic (exact) mass is 1440 g/mol. The Morgan fingerprint density at radius 3 is 1.85 bits per heavy atom. The Bertz CT molecular complexity index is 3160. The summed E-state index contributed by atoms with van der Waals surface area (Å²) in [5.74, 6) is -8.31. The first-order valence-corrected chi connectivity index (χ1v) is 37.3. The Hall–Kier alpha value is -7.06. The van der Waals surface area contributed by atoms with Gasteiger partial charge in [-0.2, -0.15) is 13.2 Å². The molecule has 0 bridgehead atoms. The smallest absolute Gasteiger partial charge is 0.343 e. The van der Waals surface area contributed by atoms with Crippen LogP contribution in [0.25, 0.3) is 0 Å². The molecular formula is C73H112ClF3N12O12. The summed E-state index contributed by atoms with van der Waals surface area (Å²) in [7, 11) is 8.64. The van der Waals surface area contributed by atoms with Crippen LogP contribution in [0.5, 0.6) is 0 Å². The number of rotatable bonds is 13. The fourth-order valence-corrected chi connectivity index (χ4v) is 16.0. The zero-order valence-electron chi connectivity index (χ0n) is 61.6. The summed E-state index contributed by atoms with van der Waals surface area (Å²) >= 11 is 6.16. The third-order valence-electron chi connectivity index (χ3n) is 22.1. The Morgan fingerprint density at radius 2 is 1.26 bits per heavy atom. The quantitative estimate of drug-likeness (QED) is 0.177. The van der Waals surface area contributed by atoms with Gasteiger partial charge >= 0.3 is 6.18 Å². The molecule has 9 atom stereocenters. The second-order valence-corrected chi connectivity index (χ2v) is 30.6. The molecule has 28 heteroatoms. The number of benzene rings is 1. The van der Waals surface area contributed by atoms with Gasteiger partial charge in [-0.3, -0.25) is 57.5 Å². The van der Waals surface area contributed by atoms with Crippen molar-refractivity contribution in [2.45, 2.75) is 262 Å². The predicted molar refractivity (Wildman–Crippen MR) is 374 cm³/mol. The molecule has 0 unspecified atom stereocenters. The first kappa shape index (κ1) is 81.2. The summed E-state index contributed by atoms with van der Waals surface area (Å²) in [5, 5.41) is 8.18. The van der Waals surface area contributed by atoms with Crippen molar-refractivity contribution in [3.8, 4) is 0 Å². The third-order valence-corrected chi connectivity index (χ3v) is 22.4. The largest absolute Gasteiger partial charge is 0.417 e. The lowest BCUT2D eigenvalue weighted by Gasteiger charge is -2.45. The number of likely N-dealkylation sites (tertiary alicyclic amines) is 1. The maximum Gasteiger partial charge on any atom is 0.417 e. The standard InChI is InChI=1S/C73H112ClF3N12O12/c1-13-14-17-27-52-65(95)82(8)47(6)64(94)89-39-33-55(89)68(98)84(10)57(42-48-25-18-15-19-26-48)67(97)81(7)44-59(90)78-53(32-30-49-29-31-50(51(74)41-49)73(75,76)77)66(96)88-38-24-28-54(88)63(93)80-72(34-20-21-35-72)71(101)86(12)61(46(4)5)70(100)85(11)58(69(99)87-36-22-16-23-37-87)43-60(91)83(9)56(40-45(2)3)62(92)79-52/h29,31,41,45-48,52-58,61H,13-28,30,32-40,42-44H2,1-12H3,(H,78,90)(H,79,92)(H,80,93)/t47-,52-,53-,54-,55-,56-,57-,58-,61-/m0/s1. The summed E-state index contributed by atoms with van der Waals surface area (Å²) in [6.07, 6.45) is 5.58. The van der Waals surface area contributed by atoms with Gasteiger partial charge in [0.25, 0.3) is 0 Å². The number of halogens is 4. The van der Waals surface area contributed by atoms with Crippen molar-refractivity contribution in [3.63, 3.8) is 0 Å². The van der Waals surface area contributed by atoms with Crippen molar-refractivity contribution in [1.29, 1.82) is 0 Å². The zero-order chi connectivity index (χ0) is 74.5. The highest BCUT2D eigenvalue weighted by Crippen LogP contribution is 2.38. The molecule has 2 saturated carbocycles. The fraction of sp³-hybridized carbons (Fsp3) is 0.753. The topological polar surface area (TPSA) is 270 Å². The maximum absolute atomic E-state index is 15.5. The van der Waals surface area contributed by atoms with Gasteiger partial charge in [0.15, 0.2) is 0 Å². The van der Waals surface area contributed by atoms with E-state index in [-0.39, 0.29) is 82.7 Å². The van der Waals surface area contributed by atoms with Crippen molar-refractivity contribution in [1.82, 2.24) is 60.0 Å². The van der Waals surface area contributed by atoms with Crippen molar-refractivity contribution < 1.29 is 70.7 Å². The molecule has 4 heterocycles.